The third-order valence-electron chi connectivity index (χ3n) is 3.99. The average Bonchev–Trinajstić information content (AvgIpc) is 3.17. The second-order valence-electron chi connectivity index (χ2n) is 5.55. The van der Waals surface area contributed by atoms with Crippen LogP contribution in [0.4, 0.5) is 0 Å². The molecule has 0 saturated heterocycles. The normalized spacial score (nSPS) is 17.2. The van der Waals surface area contributed by atoms with Gasteiger partial charge >= 0.3 is 0 Å². The van der Waals surface area contributed by atoms with Crippen molar-refractivity contribution in [2.75, 3.05) is 13.6 Å². The highest BCUT2D eigenvalue weighted by molar-refractivity contribution is 7.91. The third-order valence-corrected chi connectivity index (χ3v) is 7.17. The molecular formula is C16H18N2O3S2. The number of benzene rings is 1. The Bertz CT molecular complexity index is 800. The Morgan fingerprint density at radius 1 is 1.30 bits per heavy atom. The van der Waals surface area contributed by atoms with E-state index in [9.17, 15) is 13.2 Å². The summed E-state index contributed by atoms with van der Waals surface area (Å²) in [5, 5.41) is 4.65. The molecule has 1 aliphatic rings. The summed E-state index contributed by atoms with van der Waals surface area (Å²) in [4.78, 5) is 12.2. The summed E-state index contributed by atoms with van der Waals surface area (Å²) in [5.74, 6) is -0.283. The quantitative estimate of drug-likeness (QED) is 0.899. The van der Waals surface area contributed by atoms with Gasteiger partial charge in [0.25, 0.3) is 10.0 Å². The molecule has 7 heteroatoms. The van der Waals surface area contributed by atoms with Gasteiger partial charge in [0.2, 0.25) is 5.91 Å². The monoisotopic (exact) mass is 350 g/mol. The van der Waals surface area contributed by atoms with Crippen LogP contribution in [0.2, 0.25) is 0 Å². The second kappa shape index (κ2) is 6.43. The molecule has 1 aromatic carbocycles. The first-order chi connectivity index (χ1) is 11.0. The molecule has 2 aromatic rings. The summed E-state index contributed by atoms with van der Waals surface area (Å²) >= 11 is 1.15. The highest BCUT2D eigenvalue weighted by Gasteiger charge is 2.27. The number of nitrogens with zero attached hydrogens (tertiary/aromatic N) is 1. The van der Waals surface area contributed by atoms with Crippen LogP contribution in [0.3, 0.4) is 0 Å². The maximum absolute atomic E-state index is 12.3. The molecule has 1 heterocycles. The van der Waals surface area contributed by atoms with E-state index in [1.807, 2.05) is 18.2 Å². The van der Waals surface area contributed by atoms with E-state index in [-0.39, 0.29) is 22.7 Å². The number of carbonyl (C=O) groups excluding carboxylic acids is 1. The number of aryl methyl sites for hydroxylation is 1. The van der Waals surface area contributed by atoms with Gasteiger partial charge in [-0.25, -0.2) is 8.42 Å². The molecule has 0 radical (unpaired) electrons. The molecule has 3 rings (SSSR count). The molecule has 1 aliphatic carbocycles. The van der Waals surface area contributed by atoms with Gasteiger partial charge in [0.05, 0.1) is 12.6 Å². The Hall–Kier alpha value is -1.70. The maximum atomic E-state index is 12.3. The summed E-state index contributed by atoms with van der Waals surface area (Å²) in [6.07, 6.45) is 1.79. The minimum atomic E-state index is -3.59. The number of carbonyl (C=O) groups is 1. The molecule has 0 bridgehead atoms. The number of nitrogens with one attached hydrogen (secondary N) is 1. The van der Waals surface area contributed by atoms with Crippen molar-refractivity contribution in [1.29, 1.82) is 0 Å². The number of hydrogen-bond donors (Lipinski definition) is 1. The van der Waals surface area contributed by atoms with Crippen molar-refractivity contribution in [2.24, 2.45) is 0 Å². The Kier molecular flexibility index (Phi) is 4.52. The number of sulfonamides is 1. The van der Waals surface area contributed by atoms with Gasteiger partial charge in [-0.3, -0.25) is 4.79 Å². The summed E-state index contributed by atoms with van der Waals surface area (Å²) in [7, 11) is -2.17. The molecule has 0 saturated carbocycles. The number of thiophene rings is 1. The predicted octanol–water partition coefficient (Wildman–Crippen LogP) is 2.17. The van der Waals surface area contributed by atoms with E-state index in [1.165, 1.54) is 12.6 Å². The van der Waals surface area contributed by atoms with Gasteiger partial charge in [-0.05, 0) is 35.4 Å². The molecular weight excluding hydrogens is 332 g/mol. The van der Waals surface area contributed by atoms with Crippen molar-refractivity contribution in [3.05, 3.63) is 52.9 Å². The van der Waals surface area contributed by atoms with E-state index >= 15 is 0 Å². The zero-order chi connectivity index (χ0) is 16.4. The van der Waals surface area contributed by atoms with Crippen LogP contribution in [0, 0.1) is 0 Å². The fourth-order valence-electron chi connectivity index (χ4n) is 2.80. The summed E-state index contributed by atoms with van der Waals surface area (Å²) in [6.45, 7) is -0.182. The van der Waals surface area contributed by atoms with Crippen LogP contribution in [0.25, 0.3) is 0 Å². The number of hydrogen-bond acceptors (Lipinski definition) is 4. The first-order valence-electron chi connectivity index (χ1n) is 7.35. The SMILES string of the molecule is CN(CC(=O)NC1CCc2ccccc21)S(=O)(=O)c1cccs1. The number of rotatable bonds is 5. The zero-order valence-electron chi connectivity index (χ0n) is 12.7. The van der Waals surface area contributed by atoms with Gasteiger partial charge in [0.15, 0.2) is 0 Å². The molecule has 1 amide bonds. The van der Waals surface area contributed by atoms with E-state index in [0.717, 1.165) is 34.0 Å². The summed E-state index contributed by atoms with van der Waals surface area (Å²) < 4.78 is 26.0. The first kappa shape index (κ1) is 16.2. The van der Waals surface area contributed by atoms with Gasteiger partial charge < -0.3 is 5.32 Å². The minimum Gasteiger partial charge on any atom is -0.348 e. The molecule has 0 fully saturated rings. The molecule has 0 spiro atoms. The molecule has 0 aliphatic heterocycles. The van der Waals surface area contributed by atoms with Crippen molar-refractivity contribution < 1.29 is 13.2 Å². The van der Waals surface area contributed by atoms with E-state index in [4.69, 9.17) is 0 Å². The number of fused-ring (bicyclic) bond motifs is 1. The van der Waals surface area contributed by atoms with E-state index in [1.54, 1.807) is 17.5 Å². The van der Waals surface area contributed by atoms with Gasteiger partial charge in [-0.2, -0.15) is 4.31 Å². The van der Waals surface area contributed by atoms with E-state index < -0.39 is 10.0 Å². The van der Waals surface area contributed by atoms with Crippen LogP contribution >= 0.6 is 11.3 Å². The minimum absolute atomic E-state index is 0.0310. The van der Waals surface area contributed by atoms with Crippen LogP contribution in [-0.2, 0) is 21.2 Å². The van der Waals surface area contributed by atoms with Crippen LogP contribution in [0.15, 0.2) is 46.0 Å². The lowest BCUT2D eigenvalue weighted by Gasteiger charge is -2.18. The van der Waals surface area contributed by atoms with Crippen LogP contribution in [-0.4, -0.2) is 32.2 Å². The predicted molar refractivity (Wildman–Crippen MR) is 89.8 cm³/mol. The molecule has 23 heavy (non-hydrogen) atoms. The fourth-order valence-corrected chi connectivity index (χ4v) is 5.13. The van der Waals surface area contributed by atoms with E-state index in [0.29, 0.717) is 0 Å². The number of likely N-dealkylation sites (N-methyl/N-ethyl adjacent to an activating group) is 1. The van der Waals surface area contributed by atoms with Crippen molar-refractivity contribution in [3.8, 4) is 0 Å². The Morgan fingerprint density at radius 2 is 2.09 bits per heavy atom. The first-order valence-corrected chi connectivity index (χ1v) is 9.67. The molecule has 1 N–H and O–H groups in total. The highest BCUT2D eigenvalue weighted by Crippen LogP contribution is 2.30. The van der Waals surface area contributed by atoms with Crippen molar-refractivity contribution in [1.82, 2.24) is 9.62 Å². The van der Waals surface area contributed by atoms with E-state index in [2.05, 4.69) is 11.4 Å². The second-order valence-corrected chi connectivity index (χ2v) is 8.77. The van der Waals surface area contributed by atoms with Crippen LogP contribution < -0.4 is 5.32 Å². The largest absolute Gasteiger partial charge is 0.348 e. The highest BCUT2D eigenvalue weighted by atomic mass is 32.2. The van der Waals surface area contributed by atoms with Gasteiger partial charge in [0.1, 0.15) is 4.21 Å². The van der Waals surface area contributed by atoms with Gasteiger partial charge in [0, 0.05) is 7.05 Å². The van der Waals surface area contributed by atoms with Crippen LogP contribution in [0.1, 0.15) is 23.6 Å². The third kappa shape index (κ3) is 3.31. The lowest BCUT2D eigenvalue weighted by atomic mass is 10.1. The lowest BCUT2D eigenvalue weighted by molar-refractivity contribution is -0.121. The lowest BCUT2D eigenvalue weighted by Crippen LogP contribution is -2.39. The Labute approximate surface area is 140 Å². The summed E-state index contributed by atoms with van der Waals surface area (Å²) in [6, 6.07) is 11.2. The van der Waals surface area contributed by atoms with Gasteiger partial charge in [-0.1, -0.05) is 30.3 Å². The molecule has 122 valence electrons. The fraction of sp³-hybridized carbons (Fsp3) is 0.312. The van der Waals surface area contributed by atoms with Crippen molar-refractivity contribution >= 4 is 27.3 Å². The molecule has 1 unspecified atom stereocenters. The molecule has 1 aromatic heterocycles. The average molecular weight is 350 g/mol. The Balaban J connectivity index is 1.64. The standard InChI is InChI=1S/C16H18N2O3S2/c1-18(23(20,21)16-7-4-10-22-16)11-15(19)17-14-9-8-12-5-2-3-6-13(12)14/h2-7,10,14H,8-9,11H2,1H3,(H,17,19). The molecule has 5 nitrogen and oxygen atoms in total. The molecule has 1 atom stereocenters. The Morgan fingerprint density at radius 3 is 2.83 bits per heavy atom. The van der Waals surface area contributed by atoms with Crippen molar-refractivity contribution in [3.63, 3.8) is 0 Å². The van der Waals surface area contributed by atoms with Crippen molar-refractivity contribution in [2.45, 2.75) is 23.1 Å². The number of amides is 1. The van der Waals surface area contributed by atoms with Gasteiger partial charge in [-0.15, -0.1) is 11.3 Å². The smallest absolute Gasteiger partial charge is 0.252 e. The van der Waals surface area contributed by atoms with Crippen LogP contribution in [0.5, 0.6) is 0 Å². The topological polar surface area (TPSA) is 66.5 Å². The summed E-state index contributed by atoms with van der Waals surface area (Å²) in [5.41, 5.74) is 2.38. The zero-order valence-corrected chi connectivity index (χ0v) is 14.4. The maximum Gasteiger partial charge on any atom is 0.252 e.